The van der Waals surface area contributed by atoms with E-state index in [9.17, 15) is 4.79 Å². The molecule has 4 heteroatoms. The number of piperidine rings is 1. The van der Waals surface area contributed by atoms with Gasteiger partial charge in [0.1, 0.15) is 6.61 Å². The van der Waals surface area contributed by atoms with Crippen molar-refractivity contribution in [1.82, 2.24) is 4.90 Å². The molecular formula is C15H29NO3. The molecule has 0 aliphatic carbocycles. The van der Waals surface area contributed by atoms with Crippen LogP contribution < -0.4 is 0 Å². The summed E-state index contributed by atoms with van der Waals surface area (Å²) in [5, 5.41) is 8.61. The first-order chi connectivity index (χ1) is 9.06. The minimum atomic E-state index is -0.870. The number of nitrogens with zero attached hydrogens (tertiary/aromatic N) is 1. The molecule has 0 amide bonds. The molecule has 0 bridgehead atoms. The van der Waals surface area contributed by atoms with Crippen LogP contribution in [-0.4, -0.2) is 47.8 Å². The van der Waals surface area contributed by atoms with Crippen LogP contribution in [0, 0.1) is 5.92 Å². The fourth-order valence-corrected chi connectivity index (χ4v) is 2.80. The van der Waals surface area contributed by atoms with Crippen LogP contribution in [-0.2, 0) is 9.53 Å². The highest BCUT2D eigenvalue weighted by Gasteiger charge is 2.25. The highest BCUT2D eigenvalue weighted by Crippen LogP contribution is 2.22. The van der Waals surface area contributed by atoms with E-state index < -0.39 is 5.97 Å². The summed E-state index contributed by atoms with van der Waals surface area (Å²) in [6.07, 6.45) is 5.77. The van der Waals surface area contributed by atoms with Gasteiger partial charge in [-0.05, 0) is 31.6 Å². The summed E-state index contributed by atoms with van der Waals surface area (Å²) in [4.78, 5) is 13.0. The van der Waals surface area contributed by atoms with Crippen LogP contribution in [0.2, 0.25) is 0 Å². The van der Waals surface area contributed by atoms with E-state index in [1.807, 2.05) is 0 Å². The molecule has 2 atom stereocenters. The Labute approximate surface area is 117 Å². The number of rotatable bonds is 8. The van der Waals surface area contributed by atoms with Crippen LogP contribution in [0.1, 0.15) is 52.9 Å². The molecule has 1 aliphatic rings. The smallest absolute Gasteiger partial charge is 0.329 e. The zero-order chi connectivity index (χ0) is 14.3. The summed E-state index contributed by atoms with van der Waals surface area (Å²) in [5.41, 5.74) is 0. The van der Waals surface area contributed by atoms with Crippen LogP contribution in [0.4, 0.5) is 0 Å². The van der Waals surface area contributed by atoms with Gasteiger partial charge in [-0.2, -0.15) is 0 Å². The third-order valence-electron chi connectivity index (χ3n) is 4.28. The van der Waals surface area contributed by atoms with E-state index in [1.165, 1.54) is 19.3 Å². The van der Waals surface area contributed by atoms with Crippen LogP contribution in [0.5, 0.6) is 0 Å². The number of likely N-dealkylation sites (tertiary alicyclic amines) is 1. The normalized spacial score (nSPS) is 21.2. The topological polar surface area (TPSA) is 49.8 Å². The van der Waals surface area contributed by atoms with Crippen molar-refractivity contribution in [2.75, 3.05) is 19.7 Å². The second-order valence-electron chi connectivity index (χ2n) is 5.75. The largest absolute Gasteiger partial charge is 0.480 e. The second kappa shape index (κ2) is 8.54. The van der Waals surface area contributed by atoms with E-state index >= 15 is 0 Å². The zero-order valence-electron chi connectivity index (χ0n) is 12.6. The molecule has 0 aromatic rings. The summed E-state index contributed by atoms with van der Waals surface area (Å²) in [6, 6.07) is 0.676. The first kappa shape index (κ1) is 16.4. The lowest BCUT2D eigenvalue weighted by Crippen LogP contribution is -2.44. The van der Waals surface area contributed by atoms with Gasteiger partial charge in [-0.25, -0.2) is 4.79 Å². The van der Waals surface area contributed by atoms with Gasteiger partial charge in [0.15, 0.2) is 0 Å². The van der Waals surface area contributed by atoms with Crippen molar-refractivity contribution < 1.29 is 14.6 Å². The number of aliphatic carboxylic acids is 1. The Balaban J connectivity index is 2.32. The number of hydrogen-bond donors (Lipinski definition) is 1. The standard InChI is InChI=1S/C15H29NO3/c1-4-12(3)10-13(5-2)16-8-6-14(7-9-16)19-11-15(17)18/h12-14H,4-11H2,1-3H3,(H,17,18). The van der Waals surface area contributed by atoms with Crippen LogP contribution in [0.3, 0.4) is 0 Å². The van der Waals surface area contributed by atoms with Crippen molar-refractivity contribution in [3.05, 3.63) is 0 Å². The lowest BCUT2D eigenvalue weighted by molar-refractivity contribution is -0.145. The van der Waals surface area contributed by atoms with Crippen molar-refractivity contribution >= 4 is 5.97 Å². The molecule has 19 heavy (non-hydrogen) atoms. The van der Waals surface area contributed by atoms with Gasteiger partial charge < -0.3 is 14.7 Å². The first-order valence-corrected chi connectivity index (χ1v) is 7.64. The maximum atomic E-state index is 10.5. The summed E-state index contributed by atoms with van der Waals surface area (Å²) in [5.74, 6) is -0.0865. The molecular weight excluding hydrogens is 242 g/mol. The molecule has 1 N–H and O–H groups in total. The molecule has 1 rings (SSSR count). The summed E-state index contributed by atoms with van der Waals surface area (Å²) >= 11 is 0. The predicted molar refractivity (Wildman–Crippen MR) is 76.3 cm³/mol. The van der Waals surface area contributed by atoms with Crippen molar-refractivity contribution in [2.45, 2.75) is 65.0 Å². The van der Waals surface area contributed by atoms with E-state index in [-0.39, 0.29) is 12.7 Å². The SMILES string of the molecule is CCC(C)CC(CC)N1CCC(OCC(=O)O)CC1. The first-order valence-electron chi connectivity index (χ1n) is 7.64. The van der Waals surface area contributed by atoms with Crippen molar-refractivity contribution in [3.8, 4) is 0 Å². The molecule has 0 radical (unpaired) electrons. The monoisotopic (exact) mass is 271 g/mol. The minimum absolute atomic E-state index is 0.133. The molecule has 112 valence electrons. The Kier molecular flexibility index (Phi) is 7.39. The molecule has 1 fully saturated rings. The van der Waals surface area contributed by atoms with Gasteiger partial charge in [0, 0.05) is 19.1 Å². The zero-order valence-corrected chi connectivity index (χ0v) is 12.6. The number of carbonyl (C=O) groups is 1. The molecule has 1 saturated heterocycles. The Morgan fingerprint density at radius 2 is 1.95 bits per heavy atom. The van der Waals surface area contributed by atoms with E-state index in [1.54, 1.807) is 0 Å². The highest BCUT2D eigenvalue weighted by molar-refractivity contribution is 5.68. The third-order valence-corrected chi connectivity index (χ3v) is 4.28. The van der Waals surface area contributed by atoms with E-state index in [0.29, 0.717) is 6.04 Å². The summed E-state index contributed by atoms with van der Waals surface area (Å²) < 4.78 is 5.38. The molecule has 1 heterocycles. The van der Waals surface area contributed by atoms with Gasteiger partial charge in [0.05, 0.1) is 6.10 Å². The van der Waals surface area contributed by atoms with E-state index in [0.717, 1.165) is 31.8 Å². The van der Waals surface area contributed by atoms with Gasteiger partial charge in [-0.1, -0.05) is 27.2 Å². The Morgan fingerprint density at radius 1 is 1.32 bits per heavy atom. The fourth-order valence-electron chi connectivity index (χ4n) is 2.80. The average Bonchev–Trinajstić information content (AvgIpc) is 2.42. The van der Waals surface area contributed by atoms with Crippen molar-refractivity contribution in [3.63, 3.8) is 0 Å². The Morgan fingerprint density at radius 3 is 2.42 bits per heavy atom. The minimum Gasteiger partial charge on any atom is -0.480 e. The van der Waals surface area contributed by atoms with Gasteiger partial charge in [0.2, 0.25) is 0 Å². The molecule has 1 aliphatic heterocycles. The van der Waals surface area contributed by atoms with Crippen LogP contribution in [0.25, 0.3) is 0 Å². The maximum absolute atomic E-state index is 10.5. The van der Waals surface area contributed by atoms with Gasteiger partial charge >= 0.3 is 5.97 Å². The molecule has 4 nitrogen and oxygen atoms in total. The molecule has 0 aromatic carbocycles. The van der Waals surface area contributed by atoms with Crippen LogP contribution in [0.15, 0.2) is 0 Å². The van der Waals surface area contributed by atoms with E-state index in [2.05, 4.69) is 25.7 Å². The lowest BCUT2D eigenvalue weighted by Gasteiger charge is -2.38. The fraction of sp³-hybridized carbons (Fsp3) is 0.933. The maximum Gasteiger partial charge on any atom is 0.329 e. The highest BCUT2D eigenvalue weighted by atomic mass is 16.5. The summed E-state index contributed by atoms with van der Waals surface area (Å²) in [7, 11) is 0. The predicted octanol–water partition coefficient (Wildman–Crippen LogP) is 2.77. The number of hydrogen-bond acceptors (Lipinski definition) is 3. The second-order valence-corrected chi connectivity index (χ2v) is 5.75. The molecule has 0 spiro atoms. The number of carboxylic acids is 1. The third kappa shape index (κ3) is 5.91. The average molecular weight is 271 g/mol. The molecule has 0 aromatic heterocycles. The van der Waals surface area contributed by atoms with Crippen molar-refractivity contribution in [2.24, 2.45) is 5.92 Å². The van der Waals surface area contributed by atoms with Gasteiger partial charge in [0.25, 0.3) is 0 Å². The van der Waals surface area contributed by atoms with E-state index in [4.69, 9.17) is 9.84 Å². The molecule has 0 saturated carbocycles. The Bertz CT molecular complexity index is 262. The lowest BCUT2D eigenvalue weighted by atomic mass is 9.94. The van der Waals surface area contributed by atoms with Crippen LogP contribution >= 0.6 is 0 Å². The summed E-state index contributed by atoms with van der Waals surface area (Å²) in [6.45, 7) is 8.77. The van der Waals surface area contributed by atoms with Gasteiger partial charge in [-0.15, -0.1) is 0 Å². The quantitative estimate of drug-likeness (QED) is 0.737. The number of carboxylic acid groups (broad SMARTS) is 1. The molecule has 2 unspecified atom stereocenters. The van der Waals surface area contributed by atoms with Crippen molar-refractivity contribution in [1.29, 1.82) is 0 Å². The number of ether oxygens (including phenoxy) is 1. The van der Waals surface area contributed by atoms with Gasteiger partial charge in [-0.3, -0.25) is 0 Å². The Hall–Kier alpha value is -0.610.